The summed E-state index contributed by atoms with van der Waals surface area (Å²) in [4.78, 5) is 19.8. The molecule has 25 heavy (non-hydrogen) atoms. The number of aromatic nitrogens is 2. The van der Waals surface area contributed by atoms with Gasteiger partial charge < -0.3 is 14.8 Å². The molecule has 0 aliphatic carbocycles. The third-order valence-electron chi connectivity index (χ3n) is 3.60. The first-order chi connectivity index (χ1) is 12.2. The van der Waals surface area contributed by atoms with E-state index in [0.29, 0.717) is 32.6 Å². The third kappa shape index (κ3) is 6.41. The van der Waals surface area contributed by atoms with Gasteiger partial charge in [-0.25, -0.2) is 9.97 Å². The highest BCUT2D eigenvalue weighted by Gasteiger charge is 2.07. The van der Waals surface area contributed by atoms with Crippen LogP contribution in [0.2, 0.25) is 0 Å². The summed E-state index contributed by atoms with van der Waals surface area (Å²) >= 11 is 0. The van der Waals surface area contributed by atoms with Crippen LogP contribution in [0.25, 0.3) is 0 Å². The summed E-state index contributed by atoms with van der Waals surface area (Å²) in [5, 5.41) is 2.94. The van der Waals surface area contributed by atoms with E-state index in [4.69, 9.17) is 9.47 Å². The molecular weight excluding hydrogens is 318 g/mol. The summed E-state index contributed by atoms with van der Waals surface area (Å²) in [5.41, 5.74) is 2.06. The van der Waals surface area contributed by atoms with Crippen LogP contribution in [0.3, 0.4) is 0 Å². The van der Waals surface area contributed by atoms with E-state index in [1.165, 1.54) is 6.33 Å². The molecule has 1 aromatic carbocycles. The molecule has 1 N–H and O–H groups in total. The van der Waals surface area contributed by atoms with Crippen LogP contribution < -0.4 is 14.8 Å². The van der Waals surface area contributed by atoms with Crippen LogP contribution in [-0.2, 0) is 17.6 Å². The lowest BCUT2D eigenvalue weighted by molar-refractivity contribution is -0.121. The molecule has 0 saturated carbocycles. The fourth-order valence-corrected chi connectivity index (χ4v) is 2.40. The molecule has 0 aliphatic heterocycles. The van der Waals surface area contributed by atoms with E-state index in [-0.39, 0.29) is 5.91 Å². The van der Waals surface area contributed by atoms with E-state index in [9.17, 15) is 4.79 Å². The molecule has 1 heterocycles. The Morgan fingerprint density at radius 1 is 1.00 bits per heavy atom. The first-order valence-corrected chi connectivity index (χ1v) is 8.62. The molecule has 0 saturated heterocycles. The van der Waals surface area contributed by atoms with Gasteiger partial charge in [-0.3, -0.25) is 4.79 Å². The number of nitrogens with zero attached hydrogens (tertiary/aromatic N) is 2. The van der Waals surface area contributed by atoms with Gasteiger partial charge in [0.15, 0.2) is 11.5 Å². The summed E-state index contributed by atoms with van der Waals surface area (Å²) < 4.78 is 11.2. The van der Waals surface area contributed by atoms with Gasteiger partial charge in [0.05, 0.1) is 13.2 Å². The minimum Gasteiger partial charge on any atom is -0.490 e. The van der Waals surface area contributed by atoms with Gasteiger partial charge in [0, 0.05) is 25.4 Å². The number of benzene rings is 1. The second-order valence-corrected chi connectivity index (χ2v) is 5.49. The lowest BCUT2D eigenvalue weighted by Crippen LogP contribution is -2.25. The molecule has 0 spiro atoms. The average Bonchev–Trinajstić information content (AvgIpc) is 2.63. The van der Waals surface area contributed by atoms with Crippen molar-refractivity contribution < 1.29 is 14.3 Å². The number of nitrogens with one attached hydrogen (secondary N) is 1. The Bertz CT molecular complexity index is 662. The maximum absolute atomic E-state index is 11.9. The molecule has 6 nitrogen and oxygen atoms in total. The van der Waals surface area contributed by atoms with Gasteiger partial charge in [0.2, 0.25) is 5.91 Å². The van der Waals surface area contributed by atoms with Crippen molar-refractivity contribution in [1.29, 1.82) is 0 Å². The fourth-order valence-electron chi connectivity index (χ4n) is 2.40. The summed E-state index contributed by atoms with van der Waals surface area (Å²) in [6.45, 7) is 5.66. The van der Waals surface area contributed by atoms with Gasteiger partial charge in [-0.05, 0) is 49.9 Å². The Balaban J connectivity index is 1.78. The van der Waals surface area contributed by atoms with Crippen LogP contribution in [0.1, 0.15) is 31.4 Å². The Morgan fingerprint density at radius 3 is 2.44 bits per heavy atom. The second-order valence-electron chi connectivity index (χ2n) is 5.49. The monoisotopic (exact) mass is 343 g/mol. The predicted molar refractivity (Wildman–Crippen MR) is 95.8 cm³/mol. The van der Waals surface area contributed by atoms with E-state index < -0.39 is 0 Å². The smallest absolute Gasteiger partial charge is 0.220 e. The molecule has 2 aromatic rings. The molecule has 6 heteroatoms. The Hall–Kier alpha value is -2.63. The molecule has 0 fully saturated rings. The average molecular weight is 343 g/mol. The van der Waals surface area contributed by atoms with Crippen molar-refractivity contribution in [3.8, 4) is 11.5 Å². The molecule has 1 amide bonds. The molecule has 0 aliphatic rings. The van der Waals surface area contributed by atoms with Crippen molar-refractivity contribution >= 4 is 5.91 Å². The highest BCUT2D eigenvalue weighted by atomic mass is 16.5. The van der Waals surface area contributed by atoms with Crippen molar-refractivity contribution in [2.24, 2.45) is 0 Å². The minimum absolute atomic E-state index is 0.0276. The van der Waals surface area contributed by atoms with Crippen LogP contribution in [-0.4, -0.2) is 35.6 Å². The first-order valence-electron chi connectivity index (χ1n) is 8.62. The van der Waals surface area contributed by atoms with Crippen molar-refractivity contribution in [2.75, 3.05) is 19.8 Å². The van der Waals surface area contributed by atoms with Crippen LogP contribution in [0.5, 0.6) is 11.5 Å². The zero-order valence-corrected chi connectivity index (χ0v) is 14.8. The van der Waals surface area contributed by atoms with Crippen LogP contribution in [0.15, 0.2) is 36.9 Å². The molecule has 0 radical (unpaired) electrons. The number of aryl methyl sites for hydroxylation is 1. The standard InChI is InChI=1S/C19H25N3O3/c1-3-24-17-7-5-15(11-18(17)25-4-2)9-10-22-19(23)8-6-16-12-20-14-21-13-16/h5,7,11-14H,3-4,6,8-10H2,1-2H3,(H,22,23). The predicted octanol–water partition coefficient (Wildman–Crippen LogP) is 2.57. The summed E-state index contributed by atoms with van der Waals surface area (Å²) in [6, 6.07) is 5.89. The highest BCUT2D eigenvalue weighted by molar-refractivity contribution is 5.76. The van der Waals surface area contributed by atoms with E-state index in [1.54, 1.807) is 12.4 Å². The van der Waals surface area contributed by atoms with Crippen molar-refractivity contribution in [1.82, 2.24) is 15.3 Å². The summed E-state index contributed by atoms with van der Waals surface area (Å²) in [6.07, 6.45) is 6.76. The van der Waals surface area contributed by atoms with Gasteiger partial charge in [-0.15, -0.1) is 0 Å². The number of hydrogen-bond acceptors (Lipinski definition) is 5. The lowest BCUT2D eigenvalue weighted by atomic mass is 10.1. The van der Waals surface area contributed by atoms with Crippen LogP contribution >= 0.6 is 0 Å². The molecule has 0 atom stereocenters. The van der Waals surface area contributed by atoms with E-state index in [1.807, 2.05) is 32.0 Å². The number of carbonyl (C=O) groups excluding carboxylic acids is 1. The Kier molecular flexibility index (Phi) is 7.69. The molecule has 2 rings (SSSR count). The summed E-state index contributed by atoms with van der Waals surface area (Å²) in [7, 11) is 0. The van der Waals surface area contributed by atoms with Gasteiger partial charge in [-0.2, -0.15) is 0 Å². The maximum Gasteiger partial charge on any atom is 0.220 e. The molecule has 0 bridgehead atoms. The maximum atomic E-state index is 11.9. The van der Waals surface area contributed by atoms with Crippen molar-refractivity contribution in [3.05, 3.63) is 48.0 Å². The van der Waals surface area contributed by atoms with Crippen molar-refractivity contribution in [2.45, 2.75) is 33.1 Å². The number of rotatable bonds is 10. The van der Waals surface area contributed by atoms with E-state index >= 15 is 0 Å². The van der Waals surface area contributed by atoms with Crippen LogP contribution in [0.4, 0.5) is 0 Å². The highest BCUT2D eigenvalue weighted by Crippen LogP contribution is 2.28. The van der Waals surface area contributed by atoms with E-state index in [0.717, 1.165) is 29.0 Å². The minimum atomic E-state index is 0.0276. The number of amides is 1. The van der Waals surface area contributed by atoms with Crippen molar-refractivity contribution in [3.63, 3.8) is 0 Å². The quantitative estimate of drug-likeness (QED) is 0.718. The second kappa shape index (κ2) is 10.3. The number of carbonyl (C=O) groups is 1. The summed E-state index contributed by atoms with van der Waals surface area (Å²) in [5.74, 6) is 1.53. The lowest BCUT2D eigenvalue weighted by Gasteiger charge is -2.12. The van der Waals surface area contributed by atoms with Crippen LogP contribution in [0, 0.1) is 0 Å². The largest absolute Gasteiger partial charge is 0.490 e. The Labute approximate surface area is 148 Å². The van der Waals surface area contributed by atoms with Gasteiger partial charge in [0.25, 0.3) is 0 Å². The fraction of sp³-hybridized carbons (Fsp3) is 0.421. The first kappa shape index (κ1) is 18.7. The van der Waals surface area contributed by atoms with E-state index in [2.05, 4.69) is 15.3 Å². The third-order valence-corrected chi connectivity index (χ3v) is 3.60. The van der Waals surface area contributed by atoms with Gasteiger partial charge >= 0.3 is 0 Å². The molecular formula is C19H25N3O3. The normalized spacial score (nSPS) is 10.3. The topological polar surface area (TPSA) is 73.3 Å². The number of hydrogen-bond donors (Lipinski definition) is 1. The molecule has 134 valence electrons. The number of ether oxygens (including phenoxy) is 2. The molecule has 1 aromatic heterocycles. The molecule has 0 unspecified atom stereocenters. The Morgan fingerprint density at radius 2 is 1.72 bits per heavy atom. The van der Waals surface area contributed by atoms with Gasteiger partial charge in [0.1, 0.15) is 6.33 Å². The SMILES string of the molecule is CCOc1ccc(CCNC(=O)CCc2cncnc2)cc1OCC. The van der Waals surface area contributed by atoms with Gasteiger partial charge in [-0.1, -0.05) is 6.07 Å². The zero-order chi connectivity index (χ0) is 17.9. The zero-order valence-electron chi connectivity index (χ0n) is 14.8.